The maximum atomic E-state index is 10.1. The fourth-order valence-electron chi connectivity index (χ4n) is 0.232. The summed E-state index contributed by atoms with van der Waals surface area (Å²) < 4.78 is 2.57. The largest absolute Gasteiger partial charge is 0.300 e. The third kappa shape index (κ3) is 5.98. The van der Waals surface area contributed by atoms with Gasteiger partial charge in [-0.25, -0.2) is 0 Å². The molecule has 0 spiro atoms. The minimum absolute atomic E-state index is 0.196. The van der Waals surface area contributed by atoms with E-state index in [1.807, 2.05) is 0 Å². The van der Waals surface area contributed by atoms with Gasteiger partial charge in [-0.2, -0.15) is 0 Å². The van der Waals surface area contributed by atoms with Crippen molar-refractivity contribution in [2.45, 2.75) is 13.3 Å². The number of carbonyl (C=O) groups is 1. The second kappa shape index (κ2) is 4.15. The maximum absolute atomic E-state index is 10.1. The van der Waals surface area contributed by atoms with E-state index in [0.717, 1.165) is 0 Å². The molecule has 0 aliphatic carbocycles. The quantitative estimate of drug-likeness (QED) is 0.526. The summed E-state index contributed by atoms with van der Waals surface area (Å²) in [6, 6.07) is 0. The number of ketones is 1. The van der Waals surface area contributed by atoms with E-state index in [9.17, 15) is 4.79 Å². The number of carbonyl (C=O) groups excluding carboxylic acids is 1. The van der Waals surface area contributed by atoms with E-state index in [2.05, 4.69) is 17.5 Å². The van der Waals surface area contributed by atoms with E-state index < -0.39 is 0 Å². The van der Waals surface area contributed by atoms with E-state index in [1.54, 1.807) is 6.92 Å². The summed E-state index contributed by atoms with van der Waals surface area (Å²) >= 11 is 3.69. The Balaban J connectivity index is 2.82. The maximum Gasteiger partial charge on any atom is 0.131 e. The predicted molar refractivity (Wildman–Crippen MR) is 32.3 cm³/mol. The molecule has 42 valence electrons. The highest BCUT2D eigenvalue weighted by Crippen LogP contribution is 1.76. The van der Waals surface area contributed by atoms with Gasteiger partial charge in [0.15, 0.2) is 0 Å². The van der Waals surface area contributed by atoms with Crippen LogP contribution in [0, 0.1) is 0 Å². The summed E-state index contributed by atoms with van der Waals surface area (Å²) in [6.45, 7) is 2.23. The fraction of sp³-hybridized carbons (Fsp3) is 0.750. The zero-order valence-electron chi connectivity index (χ0n) is 4.27. The van der Waals surface area contributed by atoms with E-state index in [-0.39, 0.29) is 5.78 Å². The predicted octanol–water partition coefficient (Wildman–Crippen LogP) is 0.400. The average Bonchev–Trinajstić information content (AvgIpc) is 1.61. The molecule has 0 bridgehead atoms. The van der Waals surface area contributed by atoms with Crippen LogP contribution in [0.1, 0.15) is 13.3 Å². The minimum Gasteiger partial charge on any atom is -0.300 e. The Morgan fingerprint density at radius 3 is 2.57 bits per heavy atom. The first-order valence-corrected chi connectivity index (χ1v) is 2.58. The van der Waals surface area contributed by atoms with Crippen LogP contribution in [0.25, 0.3) is 0 Å². The summed E-state index contributed by atoms with van der Waals surface area (Å²) in [5.74, 6) is 0.196. The monoisotopic (exact) mass is 119 g/mol. The first-order valence-electron chi connectivity index (χ1n) is 2.13. The van der Waals surface area contributed by atoms with Crippen molar-refractivity contribution in [1.82, 2.24) is 4.72 Å². The van der Waals surface area contributed by atoms with Crippen LogP contribution < -0.4 is 4.72 Å². The van der Waals surface area contributed by atoms with Crippen molar-refractivity contribution in [2.24, 2.45) is 0 Å². The topological polar surface area (TPSA) is 29.1 Å². The van der Waals surface area contributed by atoms with Crippen LogP contribution in [0.4, 0.5) is 0 Å². The molecule has 0 aromatic carbocycles. The summed E-state index contributed by atoms with van der Waals surface area (Å²) in [4.78, 5) is 10.1. The first kappa shape index (κ1) is 6.98. The molecule has 0 radical (unpaired) electrons. The molecule has 0 amide bonds. The van der Waals surface area contributed by atoms with Crippen molar-refractivity contribution in [3.05, 3.63) is 0 Å². The molecule has 0 aromatic heterocycles. The third-order valence-corrected chi connectivity index (χ3v) is 0.812. The number of hydrogen-bond acceptors (Lipinski definition) is 3. The Kier molecular flexibility index (Phi) is 4.14. The van der Waals surface area contributed by atoms with Gasteiger partial charge in [0.1, 0.15) is 5.78 Å². The normalized spacial score (nSPS) is 8.86. The average molecular weight is 119 g/mol. The minimum atomic E-state index is 0.196. The lowest BCUT2D eigenvalue weighted by molar-refractivity contribution is -0.116. The second-order valence-electron chi connectivity index (χ2n) is 1.36. The molecule has 7 heavy (non-hydrogen) atoms. The van der Waals surface area contributed by atoms with Gasteiger partial charge < -0.3 is 0 Å². The van der Waals surface area contributed by atoms with Crippen molar-refractivity contribution < 1.29 is 4.79 Å². The molecule has 0 saturated heterocycles. The number of nitrogens with one attached hydrogen (secondary N) is 1. The van der Waals surface area contributed by atoms with Crippen LogP contribution in [0.3, 0.4) is 0 Å². The highest BCUT2D eigenvalue weighted by molar-refractivity contribution is 7.78. The molecule has 0 saturated carbocycles. The lowest BCUT2D eigenvalue weighted by Gasteiger charge is -1.88. The highest BCUT2D eigenvalue weighted by Gasteiger charge is 1.87. The Labute approximate surface area is 48.8 Å². The molecule has 2 nitrogen and oxygen atoms in total. The van der Waals surface area contributed by atoms with Gasteiger partial charge in [-0.15, -0.1) is 0 Å². The van der Waals surface area contributed by atoms with Gasteiger partial charge in [0, 0.05) is 13.0 Å². The molecular formula is C4H9NOS. The van der Waals surface area contributed by atoms with Gasteiger partial charge in [0.25, 0.3) is 0 Å². The zero-order chi connectivity index (χ0) is 5.70. The smallest absolute Gasteiger partial charge is 0.131 e. The molecule has 0 heterocycles. The van der Waals surface area contributed by atoms with Crippen molar-refractivity contribution in [1.29, 1.82) is 0 Å². The summed E-state index contributed by atoms with van der Waals surface area (Å²) in [6.07, 6.45) is 0.573. The van der Waals surface area contributed by atoms with Gasteiger partial charge >= 0.3 is 0 Å². The Bertz CT molecular complexity index is 64.7. The van der Waals surface area contributed by atoms with Crippen molar-refractivity contribution in [2.75, 3.05) is 6.54 Å². The van der Waals surface area contributed by atoms with Gasteiger partial charge in [-0.3, -0.25) is 9.52 Å². The van der Waals surface area contributed by atoms with Gasteiger partial charge in [-0.1, -0.05) is 12.8 Å². The molecule has 0 aliphatic rings. The van der Waals surface area contributed by atoms with Crippen LogP contribution in [-0.2, 0) is 4.79 Å². The zero-order valence-corrected chi connectivity index (χ0v) is 5.16. The molecule has 1 N–H and O–H groups in total. The van der Waals surface area contributed by atoms with Crippen LogP contribution >= 0.6 is 12.8 Å². The standard InChI is InChI=1S/C4H9NOS/c1-4(6)2-3-5-7/h5,7H,2-3H2,1H3. The molecule has 0 aromatic rings. The molecule has 3 heteroatoms. The van der Waals surface area contributed by atoms with Gasteiger partial charge in [0.05, 0.1) is 0 Å². The van der Waals surface area contributed by atoms with Crippen LogP contribution in [-0.4, -0.2) is 12.3 Å². The molecule has 0 atom stereocenters. The lowest BCUT2D eigenvalue weighted by Crippen LogP contribution is -2.05. The van der Waals surface area contributed by atoms with E-state index in [4.69, 9.17) is 0 Å². The lowest BCUT2D eigenvalue weighted by atomic mass is 10.3. The fourth-order valence-corrected chi connectivity index (χ4v) is 0.344. The molecular weight excluding hydrogens is 110 g/mol. The summed E-state index contributed by atoms with van der Waals surface area (Å²) in [5.41, 5.74) is 0. The summed E-state index contributed by atoms with van der Waals surface area (Å²) in [7, 11) is 0. The first-order chi connectivity index (χ1) is 3.27. The van der Waals surface area contributed by atoms with E-state index >= 15 is 0 Å². The Hall–Kier alpha value is -0.0200. The number of thiol groups is 1. The number of rotatable bonds is 3. The summed E-state index contributed by atoms with van der Waals surface area (Å²) in [5, 5.41) is 0. The van der Waals surface area contributed by atoms with Crippen LogP contribution in [0.2, 0.25) is 0 Å². The van der Waals surface area contributed by atoms with Gasteiger partial charge in [0.2, 0.25) is 0 Å². The SMILES string of the molecule is CC(=O)CCNS. The highest BCUT2D eigenvalue weighted by atomic mass is 32.1. The van der Waals surface area contributed by atoms with Crippen LogP contribution in [0.5, 0.6) is 0 Å². The second-order valence-corrected chi connectivity index (χ2v) is 1.68. The molecule has 0 unspecified atom stereocenters. The van der Waals surface area contributed by atoms with Crippen molar-refractivity contribution in [3.8, 4) is 0 Å². The number of hydrogen-bond donors (Lipinski definition) is 2. The van der Waals surface area contributed by atoms with E-state index in [1.165, 1.54) is 0 Å². The molecule has 0 fully saturated rings. The molecule has 0 rings (SSSR count). The third-order valence-electron chi connectivity index (χ3n) is 0.589. The van der Waals surface area contributed by atoms with Crippen molar-refractivity contribution in [3.63, 3.8) is 0 Å². The number of Topliss-reactive ketones (excluding diaryl/α,β-unsaturated/α-hetero) is 1. The Morgan fingerprint density at radius 2 is 2.43 bits per heavy atom. The molecule has 0 aliphatic heterocycles. The van der Waals surface area contributed by atoms with Crippen LogP contribution in [0.15, 0.2) is 0 Å². The van der Waals surface area contributed by atoms with Crippen molar-refractivity contribution >= 4 is 18.6 Å². The van der Waals surface area contributed by atoms with Gasteiger partial charge in [-0.05, 0) is 6.92 Å². The van der Waals surface area contributed by atoms with E-state index in [0.29, 0.717) is 13.0 Å². The Morgan fingerprint density at radius 1 is 1.86 bits per heavy atom.